The SMILES string of the molecule is c1ccc(-c2nc(-c3ccc4cc(-c5nc(-c6ccccc6)nc(-c6ccccc6)n5)ccc4c3)cc(-c3ccc(-c4ccccc4)c4ccccc34)n2)cc1. The van der Waals surface area contributed by atoms with E-state index in [9.17, 15) is 0 Å². The molecular weight excluding hydrogens is 683 g/mol. The van der Waals surface area contributed by atoms with E-state index in [0.29, 0.717) is 23.3 Å². The smallest absolute Gasteiger partial charge is 0.164 e. The molecular formula is C51H33N5. The molecule has 0 aliphatic carbocycles. The highest BCUT2D eigenvalue weighted by Crippen LogP contribution is 2.37. The van der Waals surface area contributed by atoms with Gasteiger partial charge in [-0.15, -0.1) is 0 Å². The van der Waals surface area contributed by atoms with Crippen molar-refractivity contribution in [3.63, 3.8) is 0 Å². The van der Waals surface area contributed by atoms with Gasteiger partial charge in [-0.3, -0.25) is 0 Å². The molecule has 2 heterocycles. The average molecular weight is 716 g/mol. The van der Waals surface area contributed by atoms with Crippen LogP contribution in [-0.4, -0.2) is 24.9 Å². The number of nitrogens with zero attached hydrogens (tertiary/aromatic N) is 5. The van der Waals surface area contributed by atoms with E-state index in [0.717, 1.165) is 60.9 Å². The highest BCUT2D eigenvalue weighted by molar-refractivity contribution is 6.05. The second-order valence-corrected chi connectivity index (χ2v) is 13.7. The van der Waals surface area contributed by atoms with Crippen molar-refractivity contribution in [1.82, 2.24) is 24.9 Å². The molecule has 56 heavy (non-hydrogen) atoms. The molecule has 0 aliphatic heterocycles. The van der Waals surface area contributed by atoms with Crippen LogP contribution in [0.4, 0.5) is 0 Å². The summed E-state index contributed by atoms with van der Waals surface area (Å²) in [7, 11) is 0. The monoisotopic (exact) mass is 715 g/mol. The van der Waals surface area contributed by atoms with E-state index >= 15 is 0 Å². The Kier molecular flexibility index (Phi) is 8.43. The molecule has 0 saturated heterocycles. The Morgan fingerprint density at radius 1 is 0.232 bits per heavy atom. The number of rotatable bonds is 7. The summed E-state index contributed by atoms with van der Waals surface area (Å²) in [5.41, 5.74) is 9.95. The van der Waals surface area contributed by atoms with Gasteiger partial charge in [-0.05, 0) is 50.9 Å². The zero-order chi connectivity index (χ0) is 37.3. The molecule has 0 amide bonds. The molecule has 262 valence electrons. The van der Waals surface area contributed by atoms with Gasteiger partial charge in [0.2, 0.25) is 0 Å². The lowest BCUT2D eigenvalue weighted by Crippen LogP contribution is -2.00. The van der Waals surface area contributed by atoms with Gasteiger partial charge in [0.25, 0.3) is 0 Å². The maximum Gasteiger partial charge on any atom is 0.164 e. The van der Waals surface area contributed by atoms with Crippen LogP contribution in [0.25, 0.3) is 101 Å². The van der Waals surface area contributed by atoms with Crippen molar-refractivity contribution in [1.29, 1.82) is 0 Å². The maximum absolute atomic E-state index is 5.19. The molecule has 0 radical (unpaired) electrons. The summed E-state index contributed by atoms with van der Waals surface area (Å²) in [4.78, 5) is 25.1. The molecule has 0 N–H and O–H groups in total. The van der Waals surface area contributed by atoms with Crippen molar-refractivity contribution in [2.24, 2.45) is 0 Å². The van der Waals surface area contributed by atoms with Crippen LogP contribution in [-0.2, 0) is 0 Å². The van der Waals surface area contributed by atoms with Gasteiger partial charge < -0.3 is 0 Å². The van der Waals surface area contributed by atoms with Gasteiger partial charge in [-0.25, -0.2) is 24.9 Å². The molecule has 0 aliphatic rings. The first kappa shape index (κ1) is 33.0. The normalized spacial score (nSPS) is 11.2. The summed E-state index contributed by atoms with van der Waals surface area (Å²) in [6.07, 6.45) is 0. The van der Waals surface area contributed by atoms with Crippen molar-refractivity contribution < 1.29 is 0 Å². The van der Waals surface area contributed by atoms with E-state index < -0.39 is 0 Å². The standard InChI is InChI=1S/C51H33N5/c1-5-15-34(16-6-1)42-29-30-45(44-24-14-13-23-43(42)44)47-33-46(52-48(53-47)35-17-7-2-8-18-35)40-27-25-39-32-41(28-26-38(39)31-40)51-55-49(36-19-9-3-10-20-36)54-50(56-51)37-21-11-4-12-22-37/h1-33H. The first-order chi connectivity index (χ1) is 27.7. The third kappa shape index (κ3) is 6.37. The summed E-state index contributed by atoms with van der Waals surface area (Å²) in [6.45, 7) is 0. The summed E-state index contributed by atoms with van der Waals surface area (Å²) in [6, 6.07) is 68.8. The fourth-order valence-corrected chi connectivity index (χ4v) is 7.32. The van der Waals surface area contributed by atoms with Crippen LogP contribution in [0.1, 0.15) is 0 Å². The Morgan fingerprint density at radius 3 is 1.18 bits per heavy atom. The number of aromatic nitrogens is 5. The summed E-state index contributed by atoms with van der Waals surface area (Å²) < 4.78 is 0. The average Bonchev–Trinajstić information content (AvgIpc) is 3.29. The summed E-state index contributed by atoms with van der Waals surface area (Å²) in [5.74, 6) is 2.59. The van der Waals surface area contributed by atoms with Crippen LogP contribution in [0.3, 0.4) is 0 Å². The third-order valence-corrected chi connectivity index (χ3v) is 10.1. The van der Waals surface area contributed by atoms with Gasteiger partial charge in [0, 0.05) is 33.4 Å². The van der Waals surface area contributed by atoms with Crippen LogP contribution in [0.15, 0.2) is 200 Å². The van der Waals surface area contributed by atoms with Crippen LogP contribution < -0.4 is 0 Å². The van der Waals surface area contributed by atoms with Gasteiger partial charge in [0.05, 0.1) is 11.4 Å². The fraction of sp³-hybridized carbons (Fsp3) is 0. The summed E-state index contributed by atoms with van der Waals surface area (Å²) in [5, 5.41) is 4.50. The molecule has 0 unspecified atom stereocenters. The molecule has 0 saturated carbocycles. The largest absolute Gasteiger partial charge is 0.228 e. The number of hydrogen-bond donors (Lipinski definition) is 0. The van der Waals surface area contributed by atoms with Gasteiger partial charge in [-0.2, -0.15) is 0 Å². The molecule has 5 nitrogen and oxygen atoms in total. The third-order valence-electron chi connectivity index (χ3n) is 10.1. The summed E-state index contributed by atoms with van der Waals surface area (Å²) >= 11 is 0. The minimum atomic E-state index is 0.627. The zero-order valence-electron chi connectivity index (χ0n) is 30.3. The van der Waals surface area contributed by atoms with Gasteiger partial charge >= 0.3 is 0 Å². The molecule has 0 bridgehead atoms. The van der Waals surface area contributed by atoms with Crippen molar-refractivity contribution in [2.75, 3.05) is 0 Å². The van der Waals surface area contributed by atoms with E-state index in [-0.39, 0.29) is 0 Å². The van der Waals surface area contributed by atoms with E-state index in [4.69, 9.17) is 24.9 Å². The lowest BCUT2D eigenvalue weighted by Gasteiger charge is -2.14. The lowest BCUT2D eigenvalue weighted by atomic mass is 9.93. The van der Waals surface area contributed by atoms with Gasteiger partial charge in [-0.1, -0.05) is 182 Å². The van der Waals surface area contributed by atoms with E-state index in [1.54, 1.807) is 0 Å². The van der Waals surface area contributed by atoms with Gasteiger partial charge in [0.15, 0.2) is 23.3 Å². The second-order valence-electron chi connectivity index (χ2n) is 13.7. The minimum absolute atomic E-state index is 0.627. The minimum Gasteiger partial charge on any atom is -0.228 e. The second kappa shape index (κ2) is 14.3. The van der Waals surface area contributed by atoms with Crippen molar-refractivity contribution in [2.45, 2.75) is 0 Å². The fourth-order valence-electron chi connectivity index (χ4n) is 7.32. The Hall–Kier alpha value is -7.63. The first-order valence-electron chi connectivity index (χ1n) is 18.7. The van der Waals surface area contributed by atoms with Crippen LogP contribution in [0, 0.1) is 0 Å². The van der Waals surface area contributed by atoms with E-state index in [1.807, 2.05) is 78.9 Å². The maximum atomic E-state index is 5.19. The number of hydrogen-bond acceptors (Lipinski definition) is 5. The first-order valence-corrected chi connectivity index (χ1v) is 18.7. The quantitative estimate of drug-likeness (QED) is 0.164. The van der Waals surface area contributed by atoms with Crippen LogP contribution in [0.2, 0.25) is 0 Å². The predicted molar refractivity (Wildman–Crippen MR) is 228 cm³/mol. The van der Waals surface area contributed by atoms with E-state index in [1.165, 1.54) is 16.5 Å². The number of benzene rings is 8. The Bertz CT molecular complexity index is 2950. The van der Waals surface area contributed by atoms with Crippen molar-refractivity contribution >= 4 is 21.5 Å². The number of fused-ring (bicyclic) bond motifs is 2. The van der Waals surface area contributed by atoms with Gasteiger partial charge in [0.1, 0.15) is 0 Å². The topological polar surface area (TPSA) is 64.5 Å². The lowest BCUT2D eigenvalue weighted by molar-refractivity contribution is 1.07. The predicted octanol–water partition coefficient (Wildman–Crippen LogP) is 12.6. The molecule has 2 aromatic heterocycles. The molecule has 10 aromatic rings. The van der Waals surface area contributed by atoms with Crippen LogP contribution >= 0.6 is 0 Å². The molecule has 10 rings (SSSR count). The molecule has 5 heteroatoms. The molecule has 0 atom stereocenters. The van der Waals surface area contributed by atoms with Crippen molar-refractivity contribution in [3.8, 4) is 79.2 Å². The molecule has 0 spiro atoms. The van der Waals surface area contributed by atoms with Crippen molar-refractivity contribution in [3.05, 3.63) is 200 Å². The van der Waals surface area contributed by atoms with E-state index in [2.05, 4.69) is 121 Å². The highest BCUT2D eigenvalue weighted by Gasteiger charge is 2.16. The Balaban J connectivity index is 1.08. The Morgan fingerprint density at radius 2 is 0.625 bits per heavy atom. The van der Waals surface area contributed by atoms with Crippen LogP contribution in [0.5, 0.6) is 0 Å². The molecule has 0 fully saturated rings. The Labute approximate surface area is 324 Å². The zero-order valence-corrected chi connectivity index (χ0v) is 30.3. The highest BCUT2D eigenvalue weighted by atomic mass is 15.0. The molecule has 8 aromatic carbocycles.